The van der Waals surface area contributed by atoms with Crippen LogP contribution in [0.1, 0.15) is 10.4 Å². The number of rotatable bonds is 1. The van der Waals surface area contributed by atoms with Gasteiger partial charge in [0, 0.05) is 5.56 Å². The number of hydrogen-bond acceptors (Lipinski definition) is 1. The largest absolute Gasteiger partial charge is 0.298 e. The Hall–Kier alpha value is -1.11. The van der Waals surface area contributed by atoms with Crippen LogP contribution < -0.4 is 0 Å². The first-order valence-electron chi connectivity index (χ1n) is 2.35. The average molecular weight is 105 g/mol. The molecule has 0 saturated carbocycles. The van der Waals surface area contributed by atoms with Crippen LogP contribution in [0.2, 0.25) is 0 Å². The highest BCUT2D eigenvalue weighted by Crippen LogP contribution is 1.90. The normalized spacial score (nSPS) is 8.50. The standard InChI is InChI=1S/C7H5O/c8-6-7-4-2-1-3-5-7/h1-4,6H. The monoisotopic (exact) mass is 105 g/mol. The van der Waals surface area contributed by atoms with E-state index in [9.17, 15) is 4.79 Å². The molecule has 0 bridgehead atoms. The summed E-state index contributed by atoms with van der Waals surface area (Å²) in [5, 5.41) is 0. The van der Waals surface area contributed by atoms with Crippen molar-refractivity contribution < 1.29 is 4.79 Å². The van der Waals surface area contributed by atoms with Crippen LogP contribution >= 0.6 is 0 Å². The minimum absolute atomic E-state index is 0.604. The van der Waals surface area contributed by atoms with E-state index in [4.69, 9.17) is 0 Å². The second-order valence-corrected chi connectivity index (χ2v) is 1.44. The van der Waals surface area contributed by atoms with Gasteiger partial charge in [-0.25, -0.2) is 0 Å². The summed E-state index contributed by atoms with van der Waals surface area (Å²) in [6, 6.07) is 9.81. The molecule has 0 unspecified atom stereocenters. The van der Waals surface area contributed by atoms with Gasteiger partial charge >= 0.3 is 0 Å². The third-order valence-electron chi connectivity index (χ3n) is 0.860. The molecule has 1 rings (SSSR count). The lowest BCUT2D eigenvalue weighted by molar-refractivity contribution is 0.112. The van der Waals surface area contributed by atoms with Crippen molar-refractivity contribution in [3.63, 3.8) is 0 Å². The molecule has 1 nitrogen and oxygen atoms in total. The summed E-state index contributed by atoms with van der Waals surface area (Å²) in [7, 11) is 0. The first-order chi connectivity index (χ1) is 3.93. The molecule has 0 atom stereocenters. The Morgan fingerprint density at radius 1 is 1.50 bits per heavy atom. The molecule has 0 fully saturated rings. The molecule has 0 aliphatic rings. The van der Waals surface area contributed by atoms with Gasteiger partial charge in [-0.15, -0.1) is 0 Å². The van der Waals surface area contributed by atoms with Gasteiger partial charge in [0.15, 0.2) is 6.29 Å². The van der Waals surface area contributed by atoms with E-state index in [1.807, 2.05) is 6.07 Å². The lowest BCUT2D eigenvalue weighted by Gasteiger charge is -1.81. The SMILES string of the molecule is O=Cc1[c]cccc1. The molecule has 1 radical (unpaired) electrons. The fourth-order valence-electron chi connectivity index (χ4n) is 0.481. The van der Waals surface area contributed by atoms with Crippen LogP contribution in [-0.2, 0) is 0 Å². The first-order valence-corrected chi connectivity index (χ1v) is 2.35. The Morgan fingerprint density at radius 3 is 2.75 bits per heavy atom. The summed E-state index contributed by atoms with van der Waals surface area (Å²) >= 11 is 0. The summed E-state index contributed by atoms with van der Waals surface area (Å²) in [6.07, 6.45) is 0.778. The molecule has 1 heteroatoms. The Bertz CT molecular complexity index is 167. The molecule has 1 aromatic carbocycles. The molecule has 0 aromatic heterocycles. The number of aldehydes is 1. The number of carbonyl (C=O) groups is 1. The van der Waals surface area contributed by atoms with E-state index >= 15 is 0 Å². The molecular formula is C7H5O. The van der Waals surface area contributed by atoms with Crippen molar-refractivity contribution in [2.24, 2.45) is 0 Å². The molecule has 39 valence electrons. The van der Waals surface area contributed by atoms with Crippen molar-refractivity contribution in [1.82, 2.24) is 0 Å². The van der Waals surface area contributed by atoms with Gasteiger partial charge in [-0.05, 0) is 6.07 Å². The molecule has 8 heavy (non-hydrogen) atoms. The molecule has 0 amide bonds. The third-order valence-corrected chi connectivity index (χ3v) is 0.860. The highest BCUT2D eigenvalue weighted by atomic mass is 16.1. The van der Waals surface area contributed by atoms with Crippen molar-refractivity contribution in [3.8, 4) is 0 Å². The Morgan fingerprint density at radius 2 is 2.38 bits per heavy atom. The maximum absolute atomic E-state index is 9.98. The summed E-state index contributed by atoms with van der Waals surface area (Å²) < 4.78 is 0. The van der Waals surface area contributed by atoms with E-state index in [2.05, 4.69) is 6.07 Å². The Kier molecular flexibility index (Phi) is 1.42. The molecule has 0 N–H and O–H groups in total. The predicted molar refractivity (Wildman–Crippen MR) is 30.7 cm³/mol. The lowest BCUT2D eigenvalue weighted by Crippen LogP contribution is -1.73. The van der Waals surface area contributed by atoms with E-state index in [0.29, 0.717) is 5.56 Å². The zero-order chi connectivity index (χ0) is 5.82. The first kappa shape index (κ1) is 5.04. The van der Waals surface area contributed by atoms with Gasteiger partial charge in [-0.1, -0.05) is 24.3 Å². The minimum Gasteiger partial charge on any atom is -0.298 e. The van der Waals surface area contributed by atoms with Gasteiger partial charge in [0.2, 0.25) is 0 Å². The van der Waals surface area contributed by atoms with E-state index in [0.717, 1.165) is 6.29 Å². The predicted octanol–water partition coefficient (Wildman–Crippen LogP) is 1.30. The lowest BCUT2D eigenvalue weighted by atomic mass is 10.2. The quantitative estimate of drug-likeness (QED) is 0.492. The summed E-state index contributed by atoms with van der Waals surface area (Å²) in [6.45, 7) is 0. The summed E-state index contributed by atoms with van der Waals surface area (Å²) in [4.78, 5) is 9.98. The van der Waals surface area contributed by atoms with Gasteiger partial charge < -0.3 is 0 Å². The fraction of sp³-hybridized carbons (Fsp3) is 0. The average Bonchev–Trinajstić information content (AvgIpc) is 1.90. The van der Waals surface area contributed by atoms with Crippen molar-refractivity contribution in [1.29, 1.82) is 0 Å². The number of benzene rings is 1. The topological polar surface area (TPSA) is 17.1 Å². The third kappa shape index (κ3) is 0.936. The van der Waals surface area contributed by atoms with Gasteiger partial charge in [-0.3, -0.25) is 4.79 Å². The van der Waals surface area contributed by atoms with Crippen LogP contribution in [0.4, 0.5) is 0 Å². The molecular weight excluding hydrogens is 100 g/mol. The maximum Gasteiger partial charge on any atom is 0.150 e. The molecule has 1 aromatic rings. The highest BCUT2D eigenvalue weighted by Gasteiger charge is 1.80. The highest BCUT2D eigenvalue weighted by molar-refractivity contribution is 5.73. The number of carbonyl (C=O) groups excluding carboxylic acids is 1. The molecule has 0 aliphatic carbocycles. The van der Waals surface area contributed by atoms with E-state index in [-0.39, 0.29) is 0 Å². The zero-order valence-electron chi connectivity index (χ0n) is 4.29. The van der Waals surface area contributed by atoms with Crippen LogP contribution in [-0.4, -0.2) is 6.29 Å². The smallest absolute Gasteiger partial charge is 0.150 e. The minimum atomic E-state index is 0.604. The number of hydrogen-bond donors (Lipinski definition) is 0. The van der Waals surface area contributed by atoms with Gasteiger partial charge in [0.1, 0.15) is 0 Å². The Balaban J connectivity index is 2.99. The summed E-state index contributed by atoms with van der Waals surface area (Å²) in [5.74, 6) is 0. The van der Waals surface area contributed by atoms with Crippen LogP contribution in [0.3, 0.4) is 0 Å². The fourth-order valence-corrected chi connectivity index (χ4v) is 0.481. The Labute approximate surface area is 48.0 Å². The van der Waals surface area contributed by atoms with Crippen LogP contribution in [0.5, 0.6) is 0 Å². The van der Waals surface area contributed by atoms with Crippen molar-refractivity contribution in [2.45, 2.75) is 0 Å². The van der Waals surface area contributed by atoms with E-state index in [1.165, 1.54) is 0 Å². The second kappa shape index (κ2) is 2.26. The molecule has 0 saturated heterocycles. The molecule has 0 heterocycles. The van der Waals surface area contributed by atoms with Crippen LogP contribution in [0, 0.1) is 6.07 Å². The summed E-state index contributed by atoms with van der Waals surface area (Å²) in [5.41, 5.74) is 0.604. The van der Waals surface area contributed by atoms with Crippen molar-refractivity contribution in [2.75, 3.05) is 0 Å². The zero-order valence-corrected chi connectivity index (χ0v) is 4.29. The molecule has 0 spiro atoms. The van der Waals surface area contributed by atoms with Crippen LogP contribution in [0.15, 0.2) is 24.3 Å². The van der Waals surface area contributed by atoms with Crippen molar-refractivity contribution >= 4 is 6.29 Å². The second-order valence-electron chi connectivity index (χ2n) is 1.44. The van der Waals surface area contributed by atoms with Gasteiger partial charge in [-0.2, -0.15) is 0 Å². The van der Waals surface area contributed by atoms with Crippen molar-refractivity contribution in [3.05, 3.63) is 35.9 Å². The maximum atomic E-state index is 9.98. The molecule has 0 aliphatic heterocycles. The van der Waals surface area contributed by atoms with E-state index in [1.54, 1.807) is 18.2 Å². The van der Waals surface area contributed by atoms with Gasteiger partial charge in [0.05, 0.1) is 0 Å². The van der Waals surface area contributed by atoms with E-state index < -0.39 is 0 Å². The van der Waals surface area contributed by atoms with Crippen LogP contribution in [0.25, 0.3) is 0 Å². The van der Waals surface area contributed by atoms with Gasteiger partial charge in [0.25, 0.3) is 0 Å².